The van der Waals surface area contributed by atoms with Gasteiger partial charge in [0.25, 0.3) is 6.43 Å². The van der Waals surface area contributed by atoms with E-state index in [1.54, 1.807) is 0 Å². The molecule has 1 aliphatic carbocycles. The monoisotopic (exact) mass is 375 g/mol. The Hall–Kier alpha value is -2.57. The molecule has 0 spiro atoms. The van der Waals surface area contributed by atoms with E-state index in [-0.39, 0.29) is 11.8 Å². The van der Waals surface area contributed by atoms with Gasteiger partial charge >= 0.3 is 0 Å². The largest absolute Gasteiger partial charge is 0.478 e. The SMILES string of the molecule is CCOc1nc(-c2ccccc2)nc2c1CCC(C(=O)NCC(F)F)CC2. The van der Waals surface area contributed by atoms with Gasteiger partial charge in [0, 0.05) is 17.0 Å². The molecule has 0 fully saturated rings. The lowest BCUT2D eigenvalue weighted by Crippen LogP contribution is -2.34. The molecule has 7 heteroatoms. The number of carbonyl (C=O) groups excluding carboxylic acids is 1. The van der Waals surface area contributed by atoms with Gasteiger partial charge in [0.15, 0.2) is 5.82 Å². The molecular weight excluding hydrogens is 352 g/mol. The van der Waals surface area contributed by atoms with Crippen LogP contribution in [0.25, 0.3) is 11.4 Å². The number of aryl methyl sites for hydroxylation is 1. The van der Waals surface area contributed by atoms with Crippen molar-refractivity contribution in [1.82, 2.24) is 15.3 Å². The number of ether oxygens (including phenoxy) is 1. The van der Waals surface area contributed by atoms with E-state index in [0.29, 0.717) is 44.0 Å². The van der Waals surface area contributed by atoms with E-state index in [0.717, 1.165) is 16.8 Å². The molecular formula is C20H23F2N3O2. The van der Waals surface area contributed by atoms with Crippen molar-refractivity contribution in [3.05, 3.63) is 41.6 Å². The highest BCUT2D eigenvalue weighted by atomic mass is 19.3. The van der Waals surface area contributed by atoms with Crippen LogP contribution in [0.2, 0.25) is 0 Å². The first kappa shape index (κ1) is 19.2. The van der Waals surface area contributed by atoms with Crippen molar-refractivity contribution >= 4 is 5.91 Å². The predicted molar refractivity (Wildman–Crippen MR) is 97.8 cm³/mol. The number of hydrogen-bond donors (Lipinski definition) is 1. The third-order valence-electron chi connectivity index (χ3n) is 4.64. The molecule has 3 rings (SSSR count). The molecule has 1 aliphatic rings. The second kappa shape index (κ2) is 8.88. The van der Waals surface area contributed by atoms with Crippen LogP contribution in [-0.4, -0.2) is 35.5 Å². The maximum Gasteiger partial charge on any atom is 0.255 e. The molecule has 0 radical (unpaired) electrons. The normalized spacial score (nSPS) is 16.5. The van der Waals surface area contributed by atoms with Crippen LogP contribution < -0.4 is 10.1 Å². The Bertz CT molecular complexity index is 784. The lowest BCUT2D eigenvalue weighted by molar-refractivity contribution is -0.126. The highest BCUT2D eigenvalue weighted by Gasteiger charge is 2.26. The summed E-state index contributed by atoms with van der Waals surface area (Å²) in [5, 5.41) is 2.33. The summed E-state index contributed by atoms with van der Waals surface area (Å²) in [5.41, 5.74) is 2.69. The summed E-state index contributed by atoms with van der Waals surface area (Å²) < 4.78 is 30.4. The van der Waals surface area contributed by atoms with Crippen molar-refractivity contribution in [2.24, 2.45) is 5.92 Å². The van der Waals surface area contributed by atoms with Crippen LogP contribution in [0.15, 0.2) is 30.3 Å². The van der Waals surface area contributed by atoms with Crippen molar-refractivity contribution in [3.63, 3.8) is 0 Å². The fourth-order valence-electron chi connectivity index (χ4n) is 3.30. The van der Waals surface area contributed by atoms with Crippen LogP contribution in [0.5, 0.6) is 5.88 Å². The highest BCUT2D eigenvalue weighted by molar-refractivity contribution is 5.78. The second-order valence-electron chi connectivity index (χ2n) is 6.49. The molecule has 1 amide bonds. The van der Waals surface area contributed by atoms with E-state index in [9.17, 15) is 13.6 Å². The average molecular weight is 375 g/mol. The average Bonchev–Trinajstić information content (AvgIpc) is 2.90. The second-order valence-corrected chi connectivity index (χ2v) is 6.49. The standard InChI is InChI=1S/C20H23F2N3O2/c1-2-27-20-15-10-8-14(19(26)23-12-17(21)22)9-11-16(15)24-18(25-20)13-6-4-3-5-7-13/h3-7,14,17H,2,8-12H2,1H3,(H,23,26). The van der Waals surface area contributed by atoms with Gasteiger partial charge in [0.05, 0.1) is 18.8 Å². The van der Waals surface area contributed by atoms with E-state index in [1.165, 1.54) is 0 Å². The minimum absolute atomic E-state index is 0.312. The number of hydrogen-bond acceptors (Lipinski definition) is 4. The van der Waals surface area contributed by atoms with Crippen molar-refractivity contribution in [1.29, 1.82) is 0 Å². The lowest BCUT2D eigenvalue weighted by Gasteiger charge is -2.14. The molecule has 1 N–H and O–H groups in total. The molecule has 0 saturated heterocycles. The number of rotatable bonds is 6. The van der Waals surface area contributed by atoms with E-state index in [1.807, 2.05) is 37.3 Å². The predicted octanol–water partition coefficient (Wildman–Crippen LogP) is 3.42. The van der Waals surface area contributed by atoms with Crippen molar-refractivity contribution in [3.8, 4) is 17.3 Å². The summed E-state index contributed by atoms with van der Waals surface area (Å²) >= 11 is 0. The van der Waals surface area contributed by atoms with Crippen LogP contribution >= 0.6 is 0 Å². The van der Waals surface area contributed by atoms with Gasteiger partial charge in [0.2, 0.25) is 11.8 Å². The Morgan fingerprint density at radius 2 is 1.96 bits per heavy atom. The molecule has 1 unspecified atom stereocenters. The fraction of sp³-hybridized carbons (Fsp3) is 0.450. The molecule has 1 atom stereocenters. The first-order chi connectivity index (χ1) is 13.1. The molecule has 1 heterocycles. The summed E-state index contributed by atoms with van der Waals surface area (Å²) in [7, 11) is 0. The smallest absolute Gasteiger partial charge is 0.255 e. The molecule has 1 aromatic heterocycles. The zero-order chi connectivity index (χ0) is 19.2. The summed E-state index contributed by atoms with van der Waals surface area (Å²) in [6, 6.07) is 9.66. The van der Waals surface area contributed by atoms with Gasteiger partial charge in [-0.1, -0.05) is 30.3 Å². The number of nitrogens with zero attached hydrogens (tertiary/aromatic N) is 2. The Morgan fingerprint density at radius 1 is 1.22 bits per heavy atom. The number of nitrogens with one attached hydrogen (secondary N) is 1. The van der Waals surface area contributed by atoms with Gasteiger partial charge in [-0.3, -0.25) is 4.79 Å². The lowest BCUT2D eigenvalue weighted by atomic mass is 9.99. The molecule has 0 saturated carbocycles. The zero-order valence-corrected chi connectivity index (χ0v) is 15.3. The van der Waals surface area contributed by atoms with Gasteiger partial charge in [-0.05, 0) is 32.6 Å². The molecule has 144 valence electrons. The minimum Gasteiger partial charge on any atom is -0.478 e. The topological polar surface area (TPSA) is 64.1 Å². The summed E-state index contributed by atoms with van der Waals surface area (Å²) in [5.74, 6) is 0.512. The number of carbonyl (C=O) groups is 1. The maximum absolute atomic E-state index is 12.4. The number of halogens is 2. The molecule has 0 bridgehead atoms. The summed E-state index contributed by atoms with van der Waals surface area (Å²) in [6.45, 7) is 1.77. The van der Waals surface area contributed by atoms with Gasteiger partial charge in [-0.15, -0.1) is 0 Å². The van der Waals surface area contributed by atoms with Crippen LogP contribution in [-0.2, 0) is 17.6 Å². The summed E-state index contributed by atoms with van der Waals surface area (Å²) in [6.07, 6.45) is -0.229. The number of amides is 1. The Balaban J connectivity index is 1.84. The number of benzene rings is 1. The van der Waals surface area contributed by atoms with Gasteiger partial charge in [0.1, 0.15) is 0 Å². The van der Waals surface area contributed by atoms with Crippen LogP contribution in [0, 0.1) is 5.92 Å². The summed E-state index contributed by atoms with van der Waals surface area (Å²) in [4.78, 5) is 21.5. The van der Waals surface area contributed by atoms with E-state index >= 15 is 0 Å². The van der Waals surface area contributed by atoms with Crippen molar-refractivity contribution in [2.45, 2.75) is 39.0 Å². The molecule has 5 nitrogen and oxygen atoms in total. The van der Waals surface area contributed by atoms with E-state index < -0.39 is 13.0 Å². The first-order valence-electron chi connectivity index (χ1n) is 9.22. The quantitative estimate of drug-likeness (QED) is 0.786. The fourth-order valence-corrected chi connectivity index (χ4v) is 3.30. The van der Waals surface area contributed by atoms with Gasteiger partial charge in [-0.25, -0.2) is 13.8 Å². The van der Waals surface area contributed by atoms with Crippen molar-refractivity contribution in [2.75, 3.05) is 13.2 Å². The third-order valence-corrected chi connectivity index (χ3v) is 4.64. The number of aromatic nitrogens is 2. The Kier molecular flexibility index (Phi) is 6.32. The van der Waals surface area contributed by atoms with Crippen LogP contribution in [0.1, 0.15) is 31.0 Å². The molecule has 0 aliphatic heterocycles. The van der Waals surface area contributed by atoms with Crippen molar-refractivity contribution < 1.29 is 18.3 Å². The Labute approximate surface area is 157 Å². The van der Waals surface area contributed by atoms with Gasteiger partial charge < -0.3 is 10.1 Å². The minimum atomic E-state index is -2.54. The Morgan fingerprint density at radius 3 is 2.67 bits per heavy atom. The highest BCUT2D eigenvalue weighted by Crippen LogP contribution is 2.31. The molecule has 1 aromatic carbocycles. The van der Waals surface area contributed by atoms with E-state index in [4.69, 9.17) is 9.72 Å². The number of alkyl halides is 2. The van der Waals surface area contributed by atoms with Crippen LogP contribution in [0.3, 0.4) is 0 Å². The maximum atomic E-state index is 12.4. The van der Waals surface area contributed by atoms with Crippen LogP contribution in [0.4, 0.5) is 8.78 Å². The van der Waals surface area contributed by atoms with Gasteiger partial charge in [-0.2, -0.15) is 4.98 Å². The van der Waals surface area contributed by atoms with E-state index in [2.05, 4.69) is 10.3 Å². The third kappa shape index (κ3) is 4.78. The number of fused-ring (bicyclic) bond motifs is 1. The first-order valence-corrected chi connectivity index (χ1v) is 9.22. The molecule has 27 heavy (non-hydrogen) atoms. The molecule has 2 aromatic rings. The zero-order valence-electron chi connectivity index (χ0n) is 15.3.